The summed E-state index contributed by atoms with van der Waals surface area (Å²) in [6, 6.07) is 0. The second-order valence-electron chi connectivity index (χ2n) is 1.94. The summed E-state index contributed by atoms with van der Waals surface area (Å²) in [4.78, 5) is 3.79. The fourth-order valence-corrected chi connectivity index (χ4v) is 3.87. The van der Waals surface area contributed by atoms with Crippen LogP contribution in [0.2, 0.25) is 0 Å². The predicted octanol–water partition coefficient (Wildman–Crippen LogP) is 1.92. The molecule has 0 saturated carbocycles. The van der Waals surface area contributed by atoms with Crippen molar-refractivity contribution in [2.45, 2.75) is 4.34 Å². The number of nitrogens with zero attached hydrogens (tertiary/aromatic N) is 1. The first kappa shape index (κ1) is 10.4. The Morgan fingerprint density at radius 3 is 2.75 bits per heavy atom. The average Bonchev–Trinajstić information content (AvgIpc) is 2.36. The van der Waals surface area contributed by atoms with Crippen molar-refractivity contribution in [1.29, 1.82) is 0 Å². The molecule has 0 aliphatic rings. The van der Waals surface area contributed by atoms with Crippen molar-refractivity contribution >= 4 is 48.7 Å². The van der Waals surface area contributed by atoms with Crippen molar-refractivity contribution in [2.75, 3.05) is 11.6 Å². The average molecular weight is 291 g/mol. The molecular weight excluding hydrogens is 286 g/mol. The van der Waals surface area contributed by atoms with Gasteiger partial charge in [0.25, 0.3) is 0 Å². The highest BCUT2D eigenvalue weighted by Crippen LogP contribution is 2.20. The molecule has 1 heterocycles. The highest BCUT2D eigenvalue weighted by molar-refractivity contribution is 9.10. The van der Waals surface area contributed by atoms with E-state index in [0.717, 1.165) is 11.3 Å². The molecule has 0 atom stereocenters. The zero-order valence-electron chi connectivity index (χ0n) is 5.83. The molecule has 0 amide bonds. The number of aromatic nitrogens is 1. The molecule has 0 fully saturated rings. The van der Waals surface area contributed by atoms with Crippen LogP contribution in [0.1, 0.15) is 0 Å². The Hall–Kier alpha value is 0.350. The van der Waals surface area contributed by atoms with Gasteiger partial charge in [-0.1, -0.05) is 0 Å². The van der Waals surface area contributed by atoms with Gasteiger partial charge < -0.3 is 0 Å². The highest BCUT2D eigenvalue weighted by Gasteiger charge is 2.17. The zero-order valence-corrected chi connectivity index (χ0v) is 9.80. The van der Waals surface area contributed by atoms with E-state index in [1.54, 1.807) is 5.38 Å². The van der Waals surface area contributed by atoms with E-state index in [4.69, 9.17) is 11.6 Å². The molecule has 0 aromatic carbocycles. The van der Waals surface area contributed by atoms with Crippen LogP contribution in [-0.2, 0) is 9.84 Å². The van der Waals surface area contributed by atoms with Gasteiger partial charge in [0.2, 0.25) is 14.2 Å². The third-order valence-electron chi connectivity index (χ3n) is 1.07. The quantitative estimate of drug-likeness (QED) is 0.799. The number of alkyl halides is 1. The maximum Gasteiger partial charge on any atom is 0.210 e. The molecule has 12 heavy (non-hydrogen) atoms. The van der Waals surface area contributed by atoms with E-state index in [9.17, 15) is 8.42 Å². The molecule has 1 rings (SSSR count). The number of sulfone groups is 1. The van der Waals surface area contributed by atoms with Crippen molar-refractivity contribution in [2.24, 2.45) is 0 Å². The maximum absolute atomic E-state index is 11.3. The molecule has 0 spiro atoms. The number of thiazole rings is 1. The molecule has 0 radical (unpaired) electrons. The second-order valence-corrected chi connectivity index (χ2v) is 6.28. The van der Waals surface area contributed by atoms with E-state index >= 15 is 0 Å². The summed E-state index contributed by atoms with van der Waals surface area (Å²) in [5, 5.41) is 1.63. The summed E-state index contributed by atoms with van der Waals surface area (Å²) in [5.74, 6) is 0.0358. The fourth-order valence-electron chi connectivity index (χ4n) is 0.571. The largest absolute Gasteiger partial charge is 0.221 e. The van der Waals surface area contributed by atoms with E-state index in [-0.39, 0.29) is 16.0 Å². The molecule has 0 aliphatic carbocycles. The Bertz CT molecular complexity index is 361. The second kappa shape index (κ2) is 4.04. The smallest absolute Gasteiger partial charge is 0.210 e. The molecule has 0 aliphatic heterocycles. The van der Waals surface area contributed by atoms with Crippen LogP contribution in [0.5, 0.6) is 0 Å². The van der Waals surface area contributed by atoms with Crippen LogP contribution >= 0.6 is 38.9 Å². The van der Waals surface area contributed by atoms with Crippen molar-refractivity contribution < 1.29 is 8.42 Å². The standard InChI is InChI=1S/C5H5BrClNO2S2/c6-4-3-11-5(8-4)12(9,10)2-1-7/h3H,1-2H2. The molecule has 0 N–H and O–H groups in total. The summed E-state index contributed by atoms with van der Waals surface area (Å²) in [7, 11) is -3.24. The van der Waals surface area contributed by atoms with Crippen molar-refractivity contribution in [3.8, 4) is 0 Å². The van der Waals surface area contributed by atoms with Gasteiger partial charge in [-0.2, -0.15) is 0 Å². The molecule has 7 heteroatoms. The monoisotopic (exact) mass is 289 g/mol. The normalized spacial score (nSPS) is 11.8. The number of hydrogen-bond donors (Lipinski definition) is 0. The number of rotatable bonds is 3. The summed E-state index contributed by atoms with van der Waals surface area (Å²) in [5.41, 5.74) is 0. The van der Waals surface area contributed by atoms with Crippen LogP contribution in [0.25, 0.3) is 0 Å². The molecule has 68 valence electrons. The third-order valence-corrected chi connectivity index (χ3v) is 5.24. The lowest BCUT2D eigenvalue weighted by atomic mass is 11.0. The van der Waals surface area contributed by atoms with Crippen LogP contribution in [0.3, 0.4) is 0 Å². The van der Waals surface area contributed by atoms with Crippen LogP contribution in [0, 0.1) is 0 Å². The van der Waals surface area contributed by atoms with Gasteiger partial charge in [-0.05, 0) is 15.9 Å². The SMILES string of the molecule is O=S(=O)(CCCl)c1nc(Br)cs1. The Morgan fingerprint density at radius 2 is 2.33 bits per heavy atom. The van der Waals surface area contributed by atoms with E-state index in [0.29, 0.717) is 4.60 Å². The lowest BCUT2D eigenvalue weighted by molar-refractivity contribution is 0.596. The minimum atomic E-state index is -3.24. The number of hydrogen-bond acceptors (Lipinski definition) is 4. The zero-order chi connectivity index (χ0) is 9.19. The molecular formula is C5H5BrClNO2S2. The maximum atomic E-state index is 11.3. The van der Waals surface area contributed by atoms with Crippen molar-refractivity contribution in [3.63, 3.8) is 0 Å². The van der Waals surface area contributed by atoms with Gasteiger partial charge in [-0.25, -0.2) is 13.4 Å². The van der Waals surface area contributed by atoms with E-state index in [2.05, 4.69) is 20.9 Å². The Balaban J connectivity index is 2.98. The molecule has 0 saturated heterocycles. The lowest BCUT2D eigenvalue weighted by Crippen LogP contribution is -2.07. The van der Waals surface area contributed by atoms with Gasteiger partial charge in [0.05, 0.1) is 5.75 Å². The Morgan fingerprint density at radius 1 is 1.67 bits per heavy atom. The van der Waals surface area contributed by atoms with Crippen molar-refractivity contribution in [3.05, 3.63) is 9.98 Å². The molecule has 0 bridgehead atoms. The van der Waals surface area contributed by atoms with Crippen LogP contribution in [0.4, 0.5) is 0 Å². The van der Waals surface area contributed by atoms with Crippen molar-refractivity contribution in [1.82, 2.24) is 4.98 Å². The molecule has 3 nitrogen and oxygen atoms in total. The third kappa shape index (κ3) is 2.42. The predicted molar refractivity (Wildman–Crippen MR) is 52.6 cm³/mol. The summed E-state index contributed by atoms with van der Waals surface area (Å²) < 4.78 is 23.2. The lowest BCUT2D eigenvalue weighted by Gasteiger charge is -1.94. The van der Waals surface area contributed by atoms with Gasteiger partial charge in [-0.15, -0.1) is 22.9 Å². The first-order chi connectivity index (χ1) is 5.56. The Labute approximate surface area is 87.8 Å². The fraction of sp³-hybridized carbons (Fsp3) is 0.400. The van der Waals surface area contributed by atoms with Crippen LogP contribution in [-0.4, -0.2) is 25.0 Å². The summed E-state index contributed by atoms with van der Waals surface area (Å²) in [6.45, 7) is 0. The molecule has 1 aromatic rings. The van der Waals surface area contributed by atoms with Crippen LogP contribution < -0.4 is 0 Å². The van der Waals surface area contributed by atoms with Gasteiger partial charge in [-0.3, -0.25) is 0 Å². The van der Waals surface area contributed by atoms with Gasteiger partial charge in [0, 0.05) is 11.3 Å². The van der Waals surface area contributed by atoms with E-state index in [1.807, 2.05) is 0 Å². The summed E-state index contributed by atoms with van der Waals surface area (Å²) >= 11 is 9.50. The topological polar surface area (TPSA) is 47.0 Å². The minimum Gasteiger partial charge on any atom is -0.221 e. The van der Waals surface area contributed by atoms with Gasteiger partial charge in [0.15, 0.2) is 0 Å². The van der Waals surface area contributed by atoms with Crippen LogP contribution in [0.15, 0.2) is 14.3 Å². The summed E-state index contributed by atoms with van der Waals surface area (Å²) in [6.07, 6.45) is 0. The van der Waals surface area contributed by atoms with E-state index in [1.165, 1.54) is 0 Å². The first-order valence-electron chi connectivity index (χ1n) is 2.96. The highest BCUT2D eigenvalue weighted by atomic mass is 79.9. The molecule has 1 aromatic heterocycles. The Kier molecular flexibility index (Phi) is 3.51. The molecule has 0 unspecified atom stereocenters. The minimum absolute atomic E-state index is 0.0610. The van der Waals surface area contributed by atoms with E-state index < -0.39 is 9.84 Å². The van der Waals surface area contributed by atoms with Gasteiger partial charge >= 0.3 is 0 Å². The first-order valence-corrected chi connectivity index (χ1v) is 6.82. The van der Waals surface area contributed by atoms with Gasteiger partial charge in [0.1, 0.15) is 4.60 Å². The number of halogens is 2.